The number of thiophene rings is 1. The van der Waals surface area contributed by atoms with E-state index in [4.69, 9.17) is 4.74 Å². The fraction of sp³-hybridized carbons (Fsp3) is 0.600. The van der Waals surface area contributed by atoms with Crippen molar-refractivity contribution in [3.63, 3.8) is 0 Å². The molecule has 0 saturated carbocycles. The molecule has 1 fully saturated rings. The van der Waals surface area contributed by atoms with Crippen molar-refractivity contribution in [1.29, 1.82) is 0 Å². The predicted octanol–water partition coefficient (Wildman–Crippen LogP) is 1.40. The molecule has 1 amide bonds. The van der Waals surface area contributed by atoms with E-state index >= 15 is 0 Å². The number of carbonyl (C=O) groups is 2. The van der Waals surface area contributed by atoms with Crippen LogP contribution in [0.4, 0.5) is 5.69 Å². The van der Waals surface area contributed by atoms with E-state index in [1.165, 1.54) is 24.9 Å². The van der Waals surface area contributed by atoms with Crippen molar-refractivity contribution in [3.8, 4) is 0 Å². The van der Waals surface area contributed by atoms with E-state index in [2.05, 4.69) is 15.5 Å². The number of piperidine rings is 1. The number of anilines is 1. The third-order valence-electron chi connectivity index (χ3n) is 3.77. The van der Waals surface area contributed by atoms with Crippen LogP contribution >= 0.6 is 11.3 Å². The van der Waals surface area contributed by atoms with Crippen molar-refractivity contribution < 1.29 is 14.3 Å². The molecule has 122 valence electrons. The SMILES string of the molecule is CNCC1CCCN(CC(=O)Nc2ccsc2C(=O)OC)C1. The molecule has 0 aromatic carbocycles. The zero-order chi connectivity index (χ0) is 15.9. The number of hydrogen-bond acceptors (Lipinski definition) is 6. The zero-order valence-electron chi connectivity index (χ0n) is 13.1. The first kappa shape index (κ1) is 16.9. The summed E-state index contributed by atoms with van der Waals surface area (Å²) in [7, 11) is 3.29. The van der Waals surface area contributed by atoms with Crippen LogP contribution in [0.25, 0.3) is 0 Å². The number of amides is 1. The van der Waals surface area contributed by atoms with E-state index in [0.29, 0.717) is 23.0 Å². The zero-order valence-corrected chi connectivity index (χ0v) is 13.9. The van der Waals surface area contributed by atoms with Gasteiger partial charge >= 0.3 is 5.97 Å². The average Bonchev–Trinajstić information content (AvgIpc) is 2.95. The summed E-state index contributed by atoms with van der Waals surface area (Å²) in [6.07, 6.45) is 2.32. The lowest BCUT2D eigenvalue weighted by molar-refractivity contribution is -0.117. The Bertz CT molecular complexity index is 516. The number of rotatable bonds is 6. The van der Waals surface area contributed by atoms with Crippen LogP contribution in [-0.2, 0) is 9.53 Å². The molecule has 0 bridgehead atoms. The smallest absolute Gasteiger partial charge is 0.350 e. The molecule has 1 aliphatic rings. The number of carbonyl (C=O) groups excluding carboxylic acids is 2. The summed E-state index contributed by atoms with van der Waals surface area (Å²) in [5.74, 6) is 0.0874. The second-order valence-corrected chi connectivity index (χ2v) is 6.42. The Morgan fingerprint density at radius 2 is 2.32 bits per heavy atom. The topological polar surface area (TPSA) is 70.7 Å². The Morgan fingerprint density at radius 1 is 1.50 bits per heavy atom. The van der Waals surface area contributed by atoms with E-state index < -0.39 is 5.97 Å². The molecule has 22 heavy (non-hydrogen) atoms. The van der Waals surface area contributed by atoms with Gasteiger partial charge in [0.25, 0.3) is 0 Å². The van der Waals surface area contributed by atoms with Gasteiger partial charge in [-0.25, -0.2) is 4.79 Å². The van der Waals surface area contributed by atoms with Crippen molar-refractivity contribution in [2.75, 3.05) is 45.7 Å². The molecule has 0 radical (unpaired) electrons. The van der Waals surface area contributed by atoms with E-state index in [9.17, 15) is 9.59 Å². The number of likely N-dealkylation sites (tertiary alicyclic amines) is 1. The monoisotopic (exact) mass is 325 g/mol. The quantitative estimate of drug-likeness (QED) is 0.774. The third kappa shape index (κ3) is 4.53. The van der Waals surface area contributed by atoms with Gasteiger partial charge < -0.3 is 15.4 Å². The minimum Gasteiger partial charge on any atom is -0.465 e. The van der Waals surface area contributed by atoms with E-state index in [1.54, 1.807) is 11.4 Å². The molecule has 6 nitrogen and oxygen atoms in total. The molecule has 1 aliphatic heterocycles. The first-order chi connectivity index (χ1) is 10.6. The minimum atomic E-state index is -0.419. The second-order valence-electron chi connectivity index (χ2n) is 5.50. The molecule has 0 aliphatic carbocycles. The lowest BCUT2D eigenvalue weighted by Gasteiger charge is -2.32. The lowest BCUT2D eigenvalue weighted by atomic mass is 9.98. The molecule has 1 unspecified atom stereocenters. The first-order valence-electron chi connectivity index (χ1n) is 7.46. The molecule has 0 spiro atoms. The van der Waals surface area contributed by atoms with Crippen LogP contribution in [0, 0.1) is 5.92 Å². The van der Waals surface area contributed by atoms with Crippen LogP contribution in [0.3, 0.4) is 0 Å². The van der Waals surface area contributed by atoms with Crippen LogP contribution in [0.15, 0.2) is 11.4 Å². The number of nitrogens with zero attached hydrogens (tertiary/aromatic N) is 1. The maximum atomic E-state index is 12.2. The Hall–Kier alpha value is -1.44. The minimum absolute atomic E-state index is 0.0892. The van der Waals surface area contributed by atoms with Gasteiger partial charge in [-0.3, -0.25) is 9.69 Å². The molecule has 1 aromatic rings. The van der Waals surface area contributed by atoms with Crippen molar-refractivity contribution >= 4 is 28.9 Å². The molecule has 2 rings (SSSR count). The fourth-order valence-corrected chi connectivity index (χ4v) is 3.57. The number of ether oxygens (including phenoxy) is 1. The first-order valence-corrected chi connectivity index (χ1v) is 8.34. The van der Waals surface area contributed by atoms with Crippen molar-refractivity contribution in [2.24, 2.45) is 5.92 Å². The van der Waals surface area contributed by atoms with Crippen molar-refractivity contribution in [3.05, 3.63) is 16.3 Å². The van der Waals surface area contributed by atoms with Gasteiger partial charge in [0, 0.05) is 6.54 Å². The lowest BCUT2D eigenvalue weighted by Crippen LogP contribution is -2.42. The highest BCUT2D eigenvalue weighted by molar-refractivity contribution is 7.12. The summed E-state index contributed by atoms with van der Waals surface area (Å²) in [6, 6.07) is 1.73. The Labute approximate surface area is 134 Å². The highest BCUT2D eigenvalue weighted by Gasteiger charge is 2.22. The summed E-state index contributed by atoms with van der Waals surface area (Å²) < 4.78 is 4.71. The van der Waals surface area contributed by atoms with Gasteiger partial charge in [0.15, 0.2) is 0 Å². The molecule has 1 aromatic heterocycles. The average molecular weight is 325 g/mol. The standard InChI is InChI=1S/C15H23N3O3S/c1-16-8-11-4-3-6-18(9-11)10-13(19)17-12-5-7-22-14(12)15(20)21-2/h5,7,11,16H,3-4,6,8-10H2,1-2H3,(H,17,19). The van der Waals surface area contributed by atoms with E-state index in [0.717, 1.165) is 26.1 Å². The van der Waals surface area contributed by atoms with Crippen LogP contribution in [0.2, 0.25) is 0 Å². The molecule has 1 atom stereocenters. The van der Waals surface area contributed by atoms with Gasteiger partial charge in [0.1, 0.15) is 4.88 Å². The van der Waals surface area contributed by atoms with Crippen molar-refractivity contribution in [2.45, 2.75) is 12.8 Å². The third-order valence-corrected chi connectivity index (χ3v) is 4.67. The number of nitrogens with one attached hydrogen (secondary N) is 2. The highest BCUT2D eigenvalue weighted by atomic mass is 32.1. The maximum Gasteiger partial charge on any atom is 0.350 e. The molecular formula is C15H23N3O3S. The van der Waals surface area contributed by atoms with Gasteiger partial charge in [-0.1, -0.05) is 0 Å². The summed E-state index contributed by atoms with van der Waals surface area (Å²) in [5.41, 5.74) is 0.533. The van der Waals surface area contributed by atoms with Crippen LogP contribution < -0.4 is 10.6 Å². The van der Waals surface area contributed by atoms with E-state index in [1.807, 2.05) is 7.05 Å². The van der Waals surface area contributed by atoms with Gasteiger partial charge in [-0.15, -0.1) is 11.3 Å². The Morgan fingerprint density at radius 3 is 3.05 bits per heavy atom. The Kier molecular flexibility index (Phi) is 6.35. The number of hydrogen-bond donors (Lipinski definition) is 2. The molecule has 1 saturated heterocycles. The summed E-state index contributed by atoms with van der Waals surface area (Å²) in [4.78, 5) is 26.4. The van der Waals surface area contributed by atoms with Crippen LogP contribution in [0.5, 0.6) is 0 Å². The summed E-state index contributed by atoms with van der Waals surface area (Å²) in [5, 5.41) is 7.78. The van der Waals surface area contributed by atoms with Crippen LogP contribution in [0.1, 0.15) is 22.5 Å². The van der Waals surface area contributed by atoms with Gasteiger partial charge in [0.2, 0.25) is 5.91 Å². The van der Waals surface area contributed by atoms with Gasteiger partial charge in [-0.2, -0.15) is 0 Å². The fourth-order valence-electron chi connectivity index (χ4n) is 2.80. The predicted molar refractivity (Wildman–Crippen MR) is 87.4 cm³/mol. The second kappa shape index (κ2) is 8.26. The normalized spacial score (nSPS) is 18.9. The highest BCUT2D eigenvalue weighted by Crippen LogP contribution is 2.23. The van der Waals surface area contributed by atoms with Crippen molar-refractivity contribution in [1.82, 2.24) is 10.2 Å². The summed E-state index contributed by atoms with van der Waals surface area (Å²) in [6.45, 7) is 3.22. The number of methoxy groups -OCH3 is 1. The van der Waals surface area contributed by atoms with Gasteiger partial charge in [0.05, 0.1) is 19.3 Å². The molecule has 2 heterocycles. The summed E-state index contributed by atoms with van der Waals surface area (Å²) >= 11 is 1.27. The van der Waals surface area contributed by atoms with Gasteiger partial charge in [-0.05, 0) is 50.3 Å². The van der Waals surface area contributed by atoms with E-state index in [-0.39, 0.29) is 5.91 Å². The molecule has 2 N–H and O–H groups in total. The maximum absolute atomic E-state index is 12.2. The molecular weight excluding hydrogens is 302 g/mol. The Balaban J connectivity index is 1.88. The largest absolute Gasteiger partial charge is 0.465 e. The van der Waals surface area contributed by atoms with Crippen LogP contribution in [-0.4, -0.2) is 57.1 Å². The number of esters is 1. The molecule has 7 heteroatoms.